The number of anilines is 2. The Morgan fingerprint density at radius 1 is 1.35 bits per heavy atom. The first-order chi connectivity index (χ1) is 8.22. The molecule has 0 aliphatic carbocycles. The Bertz CT molecular complexity index is 560. The first-order valence-electron chi connectivity index (χ1n) is 4.79. The summed E-state index contributed by atoms with van der Waals surface area (Å²) in [5, 5.41) is 33.3. The van der Waals surface area contributed by atoms with Crippen LogP contribution in [0.5, 0.6) is 0 Å². The summed E-state index contributed by atoms with van der Waals surface area (Å²) < 4.78 is 0. The summed E-state index contributed by atoms with van der Waals surface area (Å²) >= 11 is 1.36. The van der Waals surface area contributed by atoms with Crippen molar-refractivity contribution in [2.45, 2.75) is 0 Å². The molecule has 1 atom stereocenters. The van der Waals surface area contributed by atoms with Gasteiger partial charge in [-0.05, 0) is 17.5 Å². The summed E-state index contributed by atoms with van der Waals surface area (Å²) in [6.07, 6.45) is 0. The van der Waals surface area contributed by atoms with Crippen LogP contribution in [0.3, 0.4) is 0 Å². The maximum Gasteiger partial charge on any atom is 0.187 e. The van der Waals surface area contributed by atoms with E-state index in [0.29, 0.717) is 16.3 Å². The Morgan fingerprint density at radius 2 is 2.12 bits per heavy atom. The normalized spacial score (nSPS) is 11.8. The van der Waals surface area contributed by atoms with Gasteiger partial charge in [-0.15, -0.1) is 11.3 Å². The molecule has 0 fully saturated rings. The van der Waals surface area contributed by atoms with Crippen LogP contribution in [0, 0.1) is 16.5 Å². The van der Waals surface area contributed by atoms with Crippen molar-refractivity contribution in [3.63, 3.8) is 0 Å². The fourth-order valence-corrected chi connectivity index (χ4v) is 2.14. The molecule has 0 saturated carbocycles. The van der Waals surface area contributed by atoms with Gasteiger partial charge in [0.15, 0.2) is 5.69 Å². The van der Waals surface area contributed by atoms with Crippen LogP contribution in [0.4, 0.5) is 16.4 Å². The molecule has 6 heteroatoms. The minimum Gasteiger partial charge on any atom is -0.595 e. The number of benzene rings is 1. The molecule has 1 unspecified atom stereocenters. The second-order valence-corrected chi connectivity index (χ2v) is 4.17. The van der Waals surface area contributed by atoms with E-state index in [1.54, 1.807) is 29.6 Å². The lowest BCUT2D eigenvalue weighted by Gasteiger charge is -2.15. The fourth-order valence-electron chi connectivity index (χ4n) is 1.40. The van der Waals surface area contributed by atoms with Gasteiger partial charge >= 0.3 is 0 Å². The first kappa shape index (κ1) is 11.6. The van der Waals surface area contributed by atoms with E-state index in [4.69, 9.17) is 10.5 Å². The van der Waals surface area contributed by atoms with Crippen molar-refractivity contribution < 1.29 is 10.4 Å². The summed E-state index contributed by atoms with van der Waals surface area (Å²) in [4.78, 5) is 0. The van der Waals surface area contributed by atoms with Crippen LogP contribution >= 0.6 is 11.3 Å². The van der Waals surface area contributed by atoms with Gasteiger partial charge in [-0.3, -0.25) is 0 Å². The van der Waals surface area contributed by atoms with Crippen molar-refractivity contribution in [3.8, 4) is 6.07 Å². The minimum absolute atomic E-state index is 0.185. The molecule has 3 N–H and O–H groups in total. The van der Waals surface area contributed by atoms with Gasteiger partial charge in [-0.2, -0.15) is 10.5 Å². The van der Waals surface area contributed by atoms with Crippen LogP contribution in [0.25, 0.3) is 0 Å². The Labute approximate surface area is 102 Å². The number of rotatable bonds is 3. The van der Waals surface area contributed by atoms with E-state index in [-0.39, 0.29) is 5.69 Å². The highest BCUT2D eigenvalue weighted by Gasteiger charge is 2.10. The summed E-state index contributed by atoms with van der Waals surface area (Å²) in [6.45, 7) is 0. The Kier molecular flexibility index (Phi) is 3.37. The van der Waals surface area contributed by atoms with Gasteiger partial charge in [-0.25, -0.2) is 5.21 Å². The smallest absolute Gasteiger partial charge is 0.187 e. The third kappa shape index (κ3) is 2.43. The number of hydrogen-bond acceptors (Lipinski definition) is 5. The molecular weight excluding hydrogens is 238 g/mol. The average molecular weight is 247 g/mol. The van der Waals surface area contributed by atoms with Crippen LogP contribution < -0.4 is 10.5 Å². The van der Waals surface area contributed by atoms with Gasteiger partial charge in [0.05, 0.1) is 5.56 Å². The highest BCUT2D eigenvalue weighted by Crippen LogP contribution is 2.28. The van der Waals surface area contributed by atoms with E-state index < -0.39 is 5.23 Å². The molecule has 1 heterocycles. The zero-order valence-electron chi connectivity index (χ0n) is 8.68. The molecule has 0 saturated heterocycles. The molecule has 0 bridgehead atoms. The van der Waals surface area contributed by atoms with Crippen LogP contribution in [0.1, 0.15) is 5.56 Å². The lowest BCUT2D eigenvalue weighted by Crippen LogP contribution is -2.99. The van der Waals surface area contributed by atoms with E-state index in [9.17, 15) is 5.21 Å². The number of hydrogen-bond donors (Lipinski definition) is 3. The summed E-state index contributed by atoms with van der Waals surface area (Å²) in [5.74, 6) is 0. The molecule has 5 nitrogen and oxygen atoms in total. The summed E-state index contributed by atoms with van der Waals surface area (Å²) in [7, 11) is 0. The third-order valence-electron chi connectivity index (χ3n) is 2.19. The molecular formula is C11H9N3O2S. The van der Waals surface area contributed by atoms with E-state index in [1.807, 2.05) is 6.07 Å². The van der Waals surface area contributed by atoms with Crippen LogP contribution in [0.15, 0.2) is 35.7 Å². The monoisotopic (exact) mass is 247 g/mol. The predicted octanol–water partition coefficient (Wildman–Crippen LogP) is 1.77. The Balaban J connectivity index is 2.34. The number of nitrogens with one attached hydrogen (secondary N) is 2. The first-order valence-corrected chi connectivity index (χ1v) is 5.67. The van der Waals surface area contributed by atoms with Crippen molar-refractivity contribution in [2.24, 2.45) is 0 Å². The van der Waals surface area contributed by atoms with E-state index >= 15 is 0 Å². The van der Waals surface area contributed by atoms with Crippen molar-refractivity contribution >= 4 is 27.7 Å². The van der Waals surface area contributed by atoms with Crippen molar-refractivity contribution in [1.29, 1.82) is 5.26 Å². The van der Waals surface area contributed by atoms with Gasteiger partial charge in [-0.1, -0.05) is 12.1 Å². The van der Waals surface area contributed by atoms with E-state index in [0.717, 1.165) is 0 Å². The lowest BCUT2D eigenvalue weighted by molar-refractivity contribution is -0.990. The largest absolute Gasteiger partial charge is 0.595 e. The highest BCUT2D eigenvalue weighted by atomic mass is 32.1. The minimum atomic E-state index is -0.997. The number of para-hydroxylation sites is 2. The topological polar surface area (TPSA) is 83.5 Å². The standard InChI is InChI=1S/C11H9N3O2S/c12-7-8-5-6-17-11(8)13-9-3-1-2-4-10(9)14(15)16/h1-6,13-15H. The van der Waals surface area contributed by atoms with Gasteiger partial charge in [0.25, 0.3) is 0 Å². The van der Waals surface area contributed by atoms with E-state index in [1.165, 1.54) is 17.4 Å². The maximum atomic E-state index is 11.0. The average Bonchev–Trinajstić information content (AvgIpc) is 2.77. The van der Waals surface area contributed by atoms with Crippen LogP contribution in [-0.4, -0.2) is 5.21 Å². The number of thiophene rings is 1. The zero-order chi connectivity index (χ0) is 12.3. The molecule has 2 rings (SSSR count). The molecule has 0 aliphatic heterocycles. The van der Waals surface area contributed by atoms with Crippen LogP contribution in [-0.2, 0) is 0 Å². The molecule has 0 radical (unpaired) electrons. The Morgan fingerprint density at radius 3 is 2.82 bits per heavy atom. The molecule has 17 heavy (non-hydrogen) atoms. The third-order valence-corrected chi connectivity index (χ3v) is 3.02. The van der Waals surface area contributed by atoms with Crippen molar-refractivity contribution in [1.82, 2.24) is 0 Å². The number of nitrogens with zero attached hydrogens (tertiary/aromatic N) is 1. The van der Waals surface area contributed by atoms with Crippen molar-refractivity contribution in [2.75, 3.05) is 5.32 Å². The maximum absolute atomic E-state index is 11.0. The fraction of sp³-hybridized carbons (Fsp3) is 0. The van der Waals surface area contributed by atoms with Crippen LogP contribution in [0.2, 0.25) is 0 Å². The van der Waals surface area contributed by atoms with Gasteiger partial charge < -0.3 is 10.5 Å². The molecule has 0 spiro atoms. The summed E-state index contributed by atoms with van der Waals surface area (Å²) in [6, 6.07) is 10.3. The lowest BCUT2D eigenvalue weighted by atomic mass is 10.2. The molecule has 0 aliphatic rings. The number of nitriles is 1. The highest BCUT2D eigenvalue weighted by molar-refractivity contribution is 7.14. The Hall–Kier alpha value is -1.91. The predicted molar refractivity (Wildman–Crippen MR) is 64.5 cm³/mol. The molecule has 0 amide bonds. The molecule has 1 aromatic heterocycles. The molecule has 1 aromatic carbocycles. The van der Waals surface area contributed by atoms with Gasteiger partial charge in [0.2, 0.25) is 0 Å². The van der Waals surface area contributed by atoms with Gasteiger partial charge in [0, 0.05) is 6.07 Å². The quantitative estimate of drug-likeness (QED) is 0.722. The molecule has 86 valence electrons. The van der Waals surface area contributed by atoms with E-state index in [2.05, 4.69) is 5.32 Å². The SMILES string of the molecule is N#Cc1ccsc1Nc1ccccc1[NH+]([O-])O. The zero-order valence-corrected chi connectivity index (χ0v) is 9.49. The summed E-state index contributed by atoms with van der Waals surface area (Å²) in [5.41, 5.74) is 1.18. The second kappa shape index (κ2) is 4.95. The second-order valence-electron chi connectivity index (χ2n) is 3.25. The number of quaternary nitrogens is 1. The van der Waals surface area contributed by atoms with Crippen molar-refractivity contribution in [3.05, 3.63) is 46.5 Å². The molecule has 2 aromatic rings. The van der Waals surface area contributed by atoms with Gasteiger partial charge in [0.1, 0.15) is 16.8 Å².